The minimum absolute atomic E-state index is 0.159. The van der Waals surface area contributed by atoms with Crippen molar-refractivity contribution in [1.82, 2.24) is 0 Å². The van der Waals surface area contributed by atoms with Crippen LogP contribution in [0.2, 0.25) is 5.02 Å². The number of hydrogen-bond donors (Lipinski definition) is 2. The maximum Gasteiger partial charge on any atom is 0.245 e. The first kappa shape index (κ1) is 22.7. The lowest BCUT2D eigenvalue weighted by Gasteiger charge is -2.34. The first-order valence-corrected chi connectivity index (χ1v) is 9.96. The highest BCUT2D eigenvalue weighted by molar-refractivity contribution is 6.30. The van der Waals surface area contributed by atoms with Crippen molar-refractivity contribution < 1.29 is 9.59 Å². The summed E-state index contributed by atoms with van der Waals surface area (Å²) in [7, 11) is 0. The number of amides is 2. The highest BCUT2D eigenvalue weighted by atomic mass is 35.5. The summed E-state index contributed by atoms with van der Waals surface area (Å²) in [5.41, 5.74) is 14.2. The molecule has 154 valence electrons. The predicted octanol–water partition coefficient (Wildman–Crippen LogP) is 3.79. The predicted molar refractivity (Wildman–Crippen MR) is 120 cm³/mol. The van der Waals surface area contributed by atoms with Gasteiger partial charge in [-0.2, -0.15) is 0 Å². The van der Waals surface area contributed by atoms with Crippen molar-refractivity contribution in [2.75, 3.05) is 4.90 Å². The van der Waals surface area contributed by atoms with Crippen LogP contribution in [0, 0.1) is 5.92 Å². The molecule has 2 aromatic carbocycles. The molecule has 0 fully saturated rings. The number of halogens is 1. The normalized spacial score (nSPS) is 13.0. The van der Waals surface area contributed by atoms with E-state index >= 15 is 0 Å². The fourth-order valence-corrected chi connectivity index (χ4v) is 3.38. The fourth-order valence-electron chi connectivity index (χ4n) is 3.26. The molecular weight excluding hydrogens is 386 g/mol. The number of rotatable bonds is 9. The molecule has 0 heterocycles. The van der Waals surface area contributed by atoms with Gasteiger partial charge in [0.2, 0.25) is 11.8 Å². The van der Waals surface area contributed by atoms with Crippen molar-refractivity contribution in [2.24, 2.45) is 17.4 Å². The summed E-state index contributed by atoms with van der Waals surface area (Å²) in [4.78, 5) is 27.2. The number of para-hydroxylation sites is 1. The van der Waals surface area contributed by atoms with Gasteiger partial charge in [0.15, 0.2) is 0 Å². The highest BCUT2D eigenvalue weighted by Gasteiger charge is 2.34. The van der Waals surface area contributed by atoms with Gasteiger partial charge in [0.25, 0.3) is 0 Å². The Bertz CT molecular complexity index is 865. The summed E-state index contributed by atoms with van der Waals surface area (Å²) in [6.45, 7) is 7.78. The molecule has 2 atom stereocenters. The van der Waals surface area contributed by atoms with Gasteiger partial charge in [-0.05, 0) is 48.1 Å². The third-order valence-corrected chi connectivity index (χ3v) is 4.93. The molecule has 0 aliphatic carbocycles. The van der Waals surface area contributed by atoms with Crippen molar-refractivity contribution in [2.45, 2.75) is 38.8 Å². The topological polar surface area (TPSA) is 89.4 Å². The number of benzene rings is 2. The van der Waals surface area contributed by atoms with E-state index in [-0.39, 0.29) is 11.8 Å². The Hall–Kier alpha value is -2.63. The maximum atomic E-state index is 13.4. The Morgan fingerprint density at radius 1 is 1.14 bits per heavy atom. The molecule has 0 aliphatic heterocycles. The molecule has 0 saturated heterocycles. The monoisotopic (exact) mass is 413 g/mol. The molecular formula is C23H28ClN3O2. The molecule has 0 aliphatic rings. The standard InChI is InChI=1S/C23H28ClN3O2/c1-4-17-7-5-6-8-20(17)27(21(22(26)28)13-15(2)3)23(29)19(25)14-16-9-11-18(24)12-10-16/h4-12,15,19,21H,1,13-14,25H2,2-3H3,(H2,26,28). The lowest BCUT2D eigenvalue weighted by Crippen LogP contribution is -2.54. The van der Waals surface area contributed by atoms with Crippen molar-refractivity contribution in [3.05, 3.63) is 71.3 Å². The summed E-state index contributed by atoms with van der Waals surface area (Å²) in [5, 5.41) is 0.612. The molecule has 0 aromatic heterocycles. The molecule has 4 N–H and O–H groups in total. The average molecular weight is 414 g/mol. The van der Waals surface area contributed by atoms with Crippen LogP contribution in [0.5, 0.6) is 0 Å². The van der Waals surface area contributed by atoms with E-state index in [4.69, 9.17) is 23.1 Å². The van der Waals surface area contributed by atoms with Crippen LogP contribution in [0.1, 0.15) is 31.4 Å². The summed E-state index contributed by atoms with van der Waals surface area (Å²) in [6.07, 6.45) is 2.39. The lowest BCUT2D eigenvalue weighted by molar-refractivity contribution is -0.125. The number of hydrogen-bond acceptors (Lipinski definition) is 3. The van der Waals surface area contributed by atoms with E-state index in [1.54, 1.807) is 30.3 Å². The molecule has 5 nitrogen and oxygen atoms in total. The second-order valence-corrected chi connectivity index (χ2v) is 7.89. The first-order chi connectivity index (χ1) is 13.7. The average Bonchev–Trinajstić information content (AvgIpc) is 2.69. The van der Waals surface area contributed by atoms with E-state index in [1.165, 1.54) is 4.90 Å². The minimum Gasteiger partial charge on any atom is -0.368 e. The van der Waals surface area contributed by atoms with Crippen molar-refractivity contribution in [3.8, 4) is 0 Å². The van der Waals surface area contributed by atoms with Crippen LogP contribution in [0.15, 0.2) is 55.1 Å². The quantitative estimate of drug-likeness (QED) is 0.655. The van der Waals surface area contributed by atoms with E-state index in [0.29, 0.717) is 23.6 Å². The van der Waals surface area contributed by atoms with E-state index < -0.39 is 18.0 Å². The molecule has 29 heavy (non-hydrogen) atoms. The third kappa shape index (κ3) is 5.92. The van der Waals surface area contributed by atoms with Crippen LogP contribution >= 0.6 is 11.6 Å². The van der Waals surface area contributed by atoms with Crippen LogP contribution in [-0.2, 0) is 16.0 Å². The van der Waals surface area contributed by atoms with Crippen molar-refractivity contribution >= 4 is 35.2 Å². The SMILES string of the molecule is C=Cc1ccccc1N(C(=O)C(N)Cc1ccc(Cl)cc1)C(CC(C)C)C(N)=O. The van der Waals surface area contributed by atoms with Crippen LogP contribution in [0.3, 0.4) is 0 Å². The Labute approximate surface area is 177 Å². The Balaban J connectivity index is 2.44. The molecule has 2 amide bonds. The van der Waals surface area contributed by atoms with Gasteiger partial charge >= 0.3 is 0 Å². The van der Waals surface area contributed by atoms with E-state index in [2.05, 4.69) is 6.58 Å². The zero-order valence-electron chi connectivity index (χ0n) is 16.8. The largest absolute Gasteiger partial charge is 0.368 e. The molecule has 6 heteroatoms. The van der Waals surface area contributed by atoms with Crippen LogP contribution < -0.4 is 16.4 Å². The number of anilines is 1. The molecule has 0 spiro atoms. The molecule has 0 saturated carbocycles. The van der Waals surface area contributed by atoms with Gasteiger partial charge in [0.1, 0.15) is 6.04 Å². The molecule has 0 bridgehead atoms. The summed E-state index contributed by atoms with van der Waals surface area (Å²) < 4.78 is 0. The van der Waals surface area contributed by atoms with Gasteiger partial charge in [-0.1, -0.05) is 68.4 Å². The molecule has 2 aromatic rings. The summed E-state index contributed by atoms with van der Waals surface area (Å²) in [6, 6.07) is 12.8. The zero-order valence-corrected chi connectivity index (χ0v) is 17.6. The Morgan fingerprint density at radius 3 is 2.31 bits per heavy atom. The van der Waals surface area contributed by atoms with E-state index in [0.717, 1.165) is 11.1 Å². The Kier molecular flexibility index (Phi) is 8.00. The molecule has 2 unspecified atom stereocenters. The van der Waals surface area contributed by atoms with Gasteiger partial charge in [0.05, 0.1) is 11.7 Å². The molecule has 2 rings (SSSR count). The first-order valence-electron chi connectivity index (χ1n) is 9.58. The summed E-state index contributed by atoms with van der Waals surface area (Å²) >= 11 is 5.93. The van der Waals surface area contributed by atoms with Gasteiger partial charge in [-0.3, -0.25) is 14.5 Å². The van der Waals surface area contributed by atoms with Crippen LogP contribution in [0.25, 0.3) is 6.08 Å². The van der Waals surface area contributed by atoms with Crippen molar-refractivity contribution in [3.63, 3.8) is 0 Å². The second kappa shape index (κ2) is 10.2. The minimum atomic E-state index is -0.844. The van der Waals surface area contributed by atoms with Crippen LogP contribution in [-0.4, -0.2) is 23.9 Å². The van der Waals surface area contributed by atoms with E-state index in [1.807, 2.05) is 38.1 Å². The Morgan fingerprint density at radius 2 is 1.76 bits per heavy atom. The zero-order chi connectivity index (χ0) is 21.6. The van der Waals surface area contributed by atoms with Gasteiger partial charge < -0.3 is 11.5 Å². The number of primary amides is 1. The lowest BCUT2D eigenvalue weighted by atomic mass is 9.97. The number of nitrogens with zero attached hydrogens (tertiary/aromatic N) is 1. The number of nitrogens with two attached hydrogens (primary N) is 2. The fraction of sp³-hybridized carbons (Fsp3) is 0.304. The van der Waals surface area contributed by atoms with Gasteiger partial charge in [-0.25, -0.2) is 0 Å². The van der Waals surface area contributed by atoms with Gasteiger partial charge in [-0.15, -0.1) is 0 Å². The van der Waals surface area contributed by atoms with Gasteiger partial charge in [0, 0.05) is 5.02 Å². The smallest absolute Gasteiger partial charge is 0.245 e. The summed E-state index contributed by atoms with van der Waals surface area (Å²) in [5.74, 6) is -0.769. The van der Waals surface area contributed by atoms with E-state index in [9.17, 15) is 9.59 Å². The maximum absolute atomic E-state index is 13.4. The number of carbonyl (C=O) groups excluding carboxylic acids is 2. The highest BCUT2D eigenvalue weighted by Crippen LogP contribution is 2.27. The molecule has 0 radical (unpaired) electrons. The number of carbonyl (C=O) groups is 2. The van der Waals surface area contributed by atoms with Crippen molar-refractivity contribution in [1.29, 1.82) is 0 Å². The second-order valence-electron chi connectivity index (χ2n) is 7.46. The van der Waals surface area contributed by atoms with Crippen LogP contribution in [0.4, 0.5) is 5.69 Å². The third-order valence-electron chi connectivity index (χ3n) is 4.67.